The molecule has 6 nitrogen and oxygen atoms in total. The van der Waals surface area contributed by atoms with Gasteiger partial charge in [-0.2, -0.15) is 0 Å². The van der Waals surface area contributed by atoms with Gasteiger partial charge in [-0.1, -0.05) is 13.3 Å². The maximum atomic E-state index is 5.32. The molecule has 0 aromatic carbocycles. The number of likely N-dealkylation sites (tertiary alicyclic amines) is 1. The zero-order chi connectivity index (χ0) is 21.2. The van der Waals surface area contributed by atoms with Gasteiger partial charge in [-0.3, -0.25) is 9.89 Å². The van der Waals surface area contributed by atoms with Crippen LogP contribution in [0.25, 0.3) is 0 Å². The first-order valence-corrected chi connectivity index (χ1v) is 12.7. The lowest BCUT2D eigenvalue weighted by molar-refractivity contribution is 0.0778. The third-order valence-corrected chi connectivity index (χ3v) is 7.76. The van der Waals surface area contributed by atoms with Crippen LogP contribution < -0.4 is 10.6 Å². The molecule has 0 amide bonds. The van der Waals surface area contributed by atoms with Crippen LogP contribution in [0.5, 0.6) is 0 Å². The van der Waals surface area contributed by atoms with Crippen LogP contribution in [0, 0.1) is 11.3 Å². The summed E-state index contributed by atoms with van der Waals surface area (Å²) in [6, 6.07) is 0. The van der Waals surface area contributed by atoms with Crippen molar-refractivity contribution in [3.8, 4) is 0 Å². The average molecular weight is 436 g/mol. The molecule has 7 heteroatoms. The molecule has 0 radical (unpaired) electrons. The van der Waals surface area contributed by atoms with Crippen LogP contribution in [0.4, 0.5) is 0 Å². The summed E-state index contributed by atoms with van der Waals surface area (Å²) >= 11 is 1.80. The highest BCUT2D eigenvalue weighted by molar-refractivity contribution is 7.09. The molecule has 2 heterocycles. The van der Waals surface area contributed by atoms with E-state index in [-0.39, 0.29) is 0 Å². The number of rotatable bonds is 11. The van der Waals surface area contributed by atoms with Crippen molar-refractivity contribution in [3.05, 3.63) is 16.1 Å². The topological polar surface area (TPSA) is 61.8 Å². The number of ether oxygens (including phenoxy) is 1. The molecule has 2 fully saturated rings. The Balaban J connectivity index is 1.40. The van der Waals surface area contributed by atoms with E-state index in [1.54, 1.807) is 18.4 Å². The van der Waals surface area contributed by atoms with Crippen molar-refractivity contribution in [2.75, 3.05) is 46.4 Å². The minimum Gasteiger partial charge on any atom is -0.385 e. The number of piperidine rings is 1. The van der Waals surface area contributed by atoms with Gasteiger partial charge in [0.05, 0.1) is 10.7 Å². The molecule has 2 N–H and O–H groups in total. The van der Waals surface area contributed by atoms with Gasteiger partial charge in [-0.15, -0.1) is 11.3 Å². The molecular formula is C23H41N5OS. The number of nitrogens with one attached hydrogen (secondary N) is 2. The Labute approximate surface area is 186 Å². The lowest BCUT2D eigenvalue weighted by atomic mass is 9.67. The molecular weight excluding hydrogens is 394 g/mol. The number of hydrogen-bond donors (Lipinski definition) is 2. The number of hydrogen-bond acceptors (Lipinski definition) is 5. The summed E-state index contributed by atoms with van der Waals surface area (Å²) in [5.41, 5.74) is 1.62. The number of methoxy groups -OCH3 is 1. The average Bonchev–Trinajstić information content (AvgIpc) is 3.19. The largest absolute Gasteiger partial charge is 0.385 e. The summed E-state index contributed by atoms with van der Waals surface area (Å²) in [7, 11) is 1.80. The predicted octanol–water partition coefficient (Wildman–Crippen LogP) is 3.68. The van der Waals surface area contributed by atoms with E-state index in [2.05, 4.69) is 34.8 Å². The summed E-state index contributed by atoms with van der Waals surface area (Å²) in [6.45, 7) is 11.3. The number of thiazole rings is 1. The maximum absolute atomic E-state index is 5.32. The normalized spacial score (nSPS) is 20.2. The molecule has 0 bridgehead atoms. The third kappa shape index (κ3) is 6.92. The monoisotopic (exact) mass is 435 g/mol. The van der Waals surface area contributed by atoms with E-state index in [9.17, 15) is 0 Å². The van der Waals surface area contributed by atoms with Crippen molar-refractivity contribution in [2.24, 2.45) is 16.3 Å². The molecule has 0 unspecified atom stereocenters. The minimum atomic E-state index is 0.372. The van der Waals surface area contributed by atoms with Gasteiger partial charge in [0.25, 0.3) is 0 Å². The van der Waals surface area contributed by atoms with Gasteiger partial charge in [0.15, 0.2) is 5.96 Å². The van der Waals surface area contributed by atoms with E-state index < -0.39 is 0 Å². The van der Waals surface area contributed by atoms with E-state index in [0.717, 1.165) is 57.5 Å². The molecule has 1 saturated heterocycles. The highest BCUT2D eigenvalue weighted by atomic mass is 32.1. The van der Waals surface area contributed by atoms with E-state index in [1.807, 2.05) is 0 Å². The van der Waals surface area contributed by atoms with Crippen LogP contribution in [-0.2, 0) is 17.7 Å². The first kappa shape index (κ1) is 23.5. The summed E-state index contributed by atoms with van der Waals surface area (Å²) in [4.78, 5) is 12.2. The number of aliphatic imine (C=N–C) groups is 1. The van der Waals surface area contributed by atoms with Crippen molar-refractivity contribution in [1.82, 2.24) is 20.5 Å². The molecule has 1 aliphatic heterocycles. The Morgan fingerprint density at radius 2 is 2.10 bits per heavy atom. The van der Waals surface area contributed by atoms with Gasteiger partial charge in [-0.05, 0) is 69.9 Å². The summed E-state index contributed by atoms with van der Waals surface area (Å²) < 4.78 is 5.32. The fourth-order valence-corrected chi connectivity index (χ4v) is 5.21. The van der Waals surface area contributed by atoms with E-state index >= 15 is 0 Å². The Morgan fingerprint density at radius 1 is 1.30 bits per heavy atom. The van der Waals surface area contributed by atoms with Crippen molar-refractivity contribution < 1.29 is 4.74 Å². The molecule has 3 rings (SSSR count). The summed E-state index contributed by atoms with van der Waals surface area (Å²) in [5, 5.41) is 10.5. The first-order chi connectivity index (χ1) is 14.7. The van der Waals surface area contributed by atoms with Gasteiger partial charge >= 0.3 is 0 Å². The second-order valence-corrected chi connectivity index (χ2v) is 9.92. The van der Waals surface area contributed by atoms with Crippen LogP contribution in [0.15, 0.2) is 10.4 Å². The van der Waals surface area contributed by atoms with Crippen LogP contribution in [-0.4, -0.2) is 62.3 Å². The zero-order valence-electron chi connectivity index (χ0n) is 19.2. The van der Waals surface area contributed by atoms with Crippen LogP contribution in [0.1, 0.15) is 63.1 Å². The van der Waals surface area contributed by atoms with Gasteiger partial charge in [0.1, 0.15) is 0 Å². The molecule has 1 aliphatic carbocycles. The molecule has 30 heavy (non-hydrogen) atoms. The van der Waals surface area contributed by atoms with Crippen molar-refractivity contribution >= 4 is 17.3 Å². The summed E-state index contributed by atoms with van der Waals surface area (Å²) in [6.07, 6.45) is 8.57. The minimum absolute atomic E-state index is 0.372. The number of guanidine groups is 1. The SMILES string of the molecule is CCNC(=NCC1(CCOC)CCC1)NCC1CCN(Cc2csc(CC)n2)CC1. The van der Waals surface area contributed by atoms with Crippen LogP contribution in [0.3, 0.4) is 0 Å². The fraction of sp³-hybridized carbons (Fsp3) is 0.826. The molecule has 1 aromatic rings. The molecule has 170 valence electrons. The maximum Gasteiger partial charge on any atom is 0.191 e. The van der Waals surface area contributed by atoms with Crippen molar-refractivity contribution in [3.63, 3.8) is 0 Å². The standard InChI is InChI=1S/C23H41N5OS/c1-4-21-27-20(17-30-21)16-28-12-7-19(8-13-28)15-25-22(24-5-2)26-18-23(9-6-10-23)11-14-29-3/h17,19H,4-16,18H2,1-3H3,(H2,24,25,26). The molecule has 0 atom stereocenters. The number of aryl methyl sites for hydroxylation is 1. The first-order valence-electron chi connectivity index (χ1n) is 11.8. The number of nitrogens with zero attached hydrogens (tertiary/aromatic N) is 3. The Hall–Kier alpha value is -1.18. The van der Waals surface area contributed by atoms with E-state index in [1.165, 1.54) is 55.9 Å². The van der Waals surface area contributed by atoms with E-state index in [0.29, 0.717) is 5.41 Å². The van der Waals surface area contributed by atoms with Gasteiger partial charge in [0, 0.05) is 45.3 Å². The van der Waals surface area contributed by atoms with Crippen LogP contribution >= 0.6 is 11.3 Å². The molecule has 0 spiro atoms. The molecule has 1 saturated carbocycles. The van der Waals surface area contributed by atoms with Crippen molar-refractivity contribution in [1.29, 1.82) is 0 Å². The second-order valence-electron chi connectivity index (χ2n) is 8.98. The van der Waals surface area contributed by atoms with Gasteiger partial charge in [0.2, 0.25) is 0 Å². The quantitative estimate of drug-likeness (QED) is 0.410. The zero-order valence-corrected chi connectivity index (χ0v) is 20.0. The second kappa shape index (κ2) is 12.0. The van der Waals surface area contributed by atoms with E-state index in [4.69, 9.17) is 14.7 Å². The highest BCUT2D eigenvalue weighted by Crippen LogP contribution is 2.44. The Kier molecular flexibility index (Phi) is 9.40. The highest BCUT2D eigenvalue weighted by Gasteiger charge is 2.36. The lowest BCUT2D eigenvalue weighted by Gasteiger charge is -2.41. The van der Waals surface area contributed by atoms with Crippen LogP contribution in [0.2, 0.25) is 0 Å². The van der Waals surface area contributed by atoms with Crippen molar-refractivity contribution in [2.45, 2.75) is 65.3 Å². The lowest BCUT2D eigenvalue weighted by Crippen LogP contribution is -2.44. The fourth-order valence-electron chi connectivity index (χ4n) is 4.47. The Bertz CT molecular complexity index is 650. The molecule has 1 aromatic heterocycles. The van der Waals surface area contributed by atoms with Gasteiger partial charge < -0.3 is 15.4 Å². The molecule has 2 aliphatic rings. The smallest absolute Gasteiger partial charge is 0.191 e. The Morgan fingerprint density at radius 3 is 2.70 bits per heavy atom. The summed E-state index contributed by atoms with van der Waals surface area (Å²) in [5.74, 6) is 1.70. The van der Waals surface area contributed by atoms with Gasteiger partial charge in [-0.25, -0.2) is 4.98 Å². The number of aromatic nitrogens is 1. The predicted molar refractivity (Wildman–Crippen MR) is 126 cm³/mol. The third-order valence-electron chi connectivity index (χ3n) is 6.72.